The molecule has 0 radical (unpaired) electrons. The van der Waals surface area contributed by atoms with E-state index in [-0.39, 0.29) is 15.8 Å². The van der Waals surface area contributed by atoms with Crippen molar-refractivity contribution in [3.8, 4) is 5.88 Å². The third-order valence-electron chi connectivity index (χ3n) is 3.72. The minimum absolute atomic E-state index is 0.0539. The number of hydrogen-bond acceptors (Lipinski definition) is 5. The minimum Gasteiger partial charge on any atom is -0.476 e. The summed E-state index contributed by atoms with van der Waals surface area (Å²) >= 11 is 0. The molecule has 1 aliphatic heterocycles. The second kappa shape index (κ2) is 5.11. The topological polar surface area (TPSA) is 93.0 Å². The van der Waals surface area contributed by atoms with Crippen LogP contribution in [0.3, 0.4) is 0 Å². The molecule has 1 aromatic carbocycles. The van der Waals surface area contributed by atoms with Crippen molar-refractivity contribution in [3.05, 3.63) is 51.8 Å². The predicted octanol–water partition coefficient (Wildman–Crippen LogP) is 1.78. The van der Waals surface area contributed by atoms with E-state index < -0.39 is 5.69 Å². The molecule has 7 heteroatoms. The van der Waals surface area contributed by atoms with Gasteiger partial charge < -0.3 is 10.5 Å². The van der Waals surface area contributed by atoms with Gasteiger partial charge >= 0.3 is 5.69 Å². The van der Waals surface area contributed by atoms with Crippen LogP contribution in [0.1, 0.15) is 10.9 Å². The molecule has 1 aliphatic rings. The van der Waals surface area contributed by atoms with Crippen LogP contribution >= 0.6 is 10.5 Å². The van der Waals surface area contributed by atoms with Crippen molar-refractivity contribution in [2.45, 2.75) is 5.37 Å². The van der Waals surface area contributed by atoms with Crippen LogP contribution in [0.25, 0.3) is 10.1 Å². The molecule has 3 heterocycles. The van der Waals surface area contributed by atoms with Gasteiger partial charge in [0.05, 0.1) is 0 Å². The second-order valence-corrected chi connectivity index (χ2v) is 7.00. The van der Waals surface area contributed by atoms with Crippen LogP contribution in [0.4, 0.5) is 5.82 Å². The van der Waals surface area contributed by atoms with Gasteiger partial charge in [-0.3, -0.25) is 10.3 Å². The zero-order valence-corrected chi connectivity index (χ0v) is 12.5. The molecule has 2 aromatic heterocycles. The van der Waals surface area contributed by atoms with Gasteiger partial charge in [-0.05, 0) is 12.1 Å². The first-order valence-electron chi connectivity index (χ1n) is 6.99. The molecule has 4 N–H and O–H groups in total. The Morgan fingerprint density at radius 3 is 3.09 bits per heavy atom. The lowest BCUT2D eigenvalue weighted by atomic mass is 10.3. The lowest BCUT2D eigenvalue weighted by Crippen LogP contribution is -2.22. The maximum atomic E-state index is 11.5. The van der Waals surface area contributed by atoms with Crippen molar-refractivity contribution >= 4 is 26.4 Å². The highest BCUT2D eigenvalue weighted by atomic mass is 32.2. The number of hydrogen-bond donors (Lipinski definition) is 3. The molecule has 0 amide bonds. The Hall–Kier alpha value is -2.38. The molecule has 0 aliphatic carbocycles. The number of nitrogens with two attached hydrogens (primary N) is 1. The molecule has 0 bridgehead atoms. The Kier molecular flexibility index (Phi) is 3.09. The van der Waals surface area contributed by atoms with Gasteiger partial charge in [0, 0.05) is 28.5 Å². The van der Waals surface area contributed by atoms with Gasteiger partial charge in [-0.1, -0.05) is 12.1 Å². The van der Waals surface area contributed by atoms with Crippen LogP contribution in [-0.4, -0.2) is 23.1 Å². The number of aromatic amines is 1. The molecule has 0 spiro atoms. The summed E-state index contributed by atoms with van der Waals surface area (Å²) in [5, 5.41) is 6.82. The number of nitrogen functional groups attached to an aromatic ring is 1. The minimum atomic E-state index is -0.484. The lowest BCUT2D eigenvalue weighted by Gasteiger charge is -2.12. The normalized spacial score (nSPS) is 18.5. The summed E-state index contributed by atoms with van der Waals surface area (Å²) in [6.45, 7) is 1.14. The summed E-state index contributed by atoms with van der Waals surface area (Å²) in [5.41, 5.74) is 6.31. The van der Waals surface area contributed by atoms with Gasteiger partial charge in [0.15, 0.2) is 4.70 Å². The predicted molar refractivity (Wildman–Crippen MR) is 87.3 cm³/mol. The van der Waals surface area contributed by atoms with Crippen LogP contribution < -0.4 is 21.5 Å². The SMILES string of the molecule is Nc1[nH]c(=O)nc2c1C([s+]1ccc3ccccc31)NCCO2. The molecule has 2 atom stereocenters. The molecule has 0 saturated heterocycles. The van der Waals surface area contributed by atoms with Crippen molar-refractivity contribution in [3.63, 3.8) is 0 Å². The monoisotopic (exact) mass is 315 g/mol. The fourth-order valence-corrected chi connectivity index (χ4v) is 5.03. The Balaban J connectivity index is 1.95. The summed E-state index contributed by atoms with van der Waals surface area (Å²) in [5.74, 6) is 0.654. The zero-order chi connectivity index (χ0) is 15.1. The first-order chi connectivity index (χ1) is 10.7. The number of nitrogens with zero attached hydrogens (tertiary/aromatic N) is 1. The summed E-state index contributed by atoms with van der Waals surface area (Å²) in [7, 11) is -0.192. The smallest absolute Gasteiger partial charge is 0.349 e. The van der Waals surface area contributed by atoms with E-state index in [1.54, 1.807) is 0 Å². The fourth-order valence-electron chi connectivity index (χ4n) is 2.76. The van der Waals surface area contributed by atoms with Crippen LogP contribution in [0.5, 0.6) is 5.88 Å². The molecular weight excluding hydrogens is 300 g/mol. The van der Waals surface area contributed by atoms with Crippen LogP contribution in [0.2, 0.25) is 0 Å². The Morgan fingerprint density at radius 2 is 2.18 bits per heavy atom. The third kappa shape index (κ3) is 2.06. The van der Waals surface area contributed by atoms with Crippen molar-refractivity contribution in [2.75, 3.05) is 18.9 Å². The number of H-pyrrole nitrogens is 1. The number of rotatable bonds is 1. The van der Waals surface area contributed by atoms with E-state index in [4.69, 9.17) is 10.5 Å². The van der Waals surface area contributed by atoms with E-state index in [0.717, 1.165) is 5.56 Å². The summed E-state index contributed by atoms with van der Waals surface area (Å²) < 4.78 is 6.86. The maximum absolute atomic E-state index is 11.5. The van der Waals surface area contributed by atoms with Crippen molar-refractivity contribution in [2.24, 2.45) is 0 Å². The average molecular weight is 315 g/mol. The lowest BCUT2D eigenvalue weighted by molar-refractivity contribution is 0.312. The Morgan fingerprint density at radius 1 is 1.32 bits per heavy atom. The Labute approximate surface area is 128 Å². The number of fused-ring (bicyclic) bond motifs is 2. The van der Waals surface area contributed by atoms with E-state index in [9.17, 15) is 4.79 Å². The highest BCUT2D eigenvalue weighted by molar-refractivity contribution is 7.36. The second-order valence-electron chi connectivity index (χ2n) is 5.07. The van der Waals surface area contributed by atoms with Gasteiger partial charge in [0.25, 0.3) is 0 Å². The molecule has 0 saturated carbocycles. The zero-order valence-electron chi connectivity index (χ0n) is 11.7. The van der Waals surface area contributed by atoms with Gasteiger partial charge in [-0.25, -0.2) is 4.79 Å². The molecular formula is C15H15N4O2S+. The van der Waals surface area contributed by atoms with Crippen molar-refractivity contribution in [1.82, 2.24) is 15.3 Å². The van der Waals surface area contributed by atoms with Gasteiger partial charge in [-0.2, -0.15) is 4.98 Å². The molecule has 4 rings (SSSR count). The summed E-state index contributed by atoms with van der Waals surface area (Å²) in [6, 6.07) is 10.4. The van der Waals surface area contributed by atoms with Gasteiger partial charge in [0.2, 0.25) is 11.3 Å². The number of thiophene rings is 1. The first-order valence-corrected chi connectivity index (χ1v) is 8.34. The number of ether oxygens (including phenoxy) is 1. The third-order valence-corrected chi connectivity index (χ3v) is 5.94. The maximum Gasteiger partial charge on any atom is 0.349 e. The van der Waals surface area contributed by atoms with E-state index in [1.165, 1.54) is 10.1 Å². The molecule has 2 unspecified atom stereocenters. The first kappa shape index (κ1) is 13.3. The average Bonchev–Trinajstić information content (AvgIpc) is 2.81. The molecule has 112 valence electrons. The summed E-state index contributed by atoms with van der Waals surface area (Å²) in [6.07, 6.45) is 0. The van der Waals surface area contributed by atoms with Gasteiger partial charge in [-0.15, -0.1) is 0 Å². The molecule has 3 aromatic rings. The van der Waals surface area contributed by atoms with E-state index in [0.29, 0.717) is 24.8 Å². The largest absolute Gasteiger partial charge is 0.476 e. The van der Waals surface area contributed by atoms with Crippen LogP contribution in [0, 0.1) is 0 Å². The standard InChI is InChI=1S/C15H14N4O2S/c16-12-11-13(19-15(20)18-12)21-7-6-17-14(11)22-8-5-9-3-1-2-4-10(9)22/h1-5,8,14,17H,6-7H2,(H2-,16,18,19,20)/p+1. The number of nitrogens with one attached hydrogen (secondary N) is 2. The number of aromatic nitrogens is 2. The van der Waals surface area contributed by atoms with E-state index in [2.05, 4.69) is 38.9 Å². The quantitative estimate of drug-likeness (QED) is 0.595. The Bertz CT molecular complexity index is 902. The number of benzene rings is 1. The number of anilines is 1. The highest BCUT2D eigenvalue weighted by Gasteiger charge is 2.34. The van der Waals surface area contributed by atoms with E-state index >= 15 is 0 Å². The molecule has 0 fully saturated rings. The molecule has 22 heavy (non-hydrogen) atoms. The highest BCUT2D eigenvalue weighted by Crippen LogP contribution is 2.45. The fraction of sp³-hybridized carbons (Fsp3) is 0.200. The van der Waals surface area contributed by atoms with Gasteiger partial charge in [0.1, 0.15) is 23.4 Å². The summed E-state index contributed by atoms with van der Waals surface area (Å²) in [4.78, 5) is 18.1. The van der Waals surface area contributed by atoms with Crippen LogP contribution in [-0.2, 0) is 0 Å². The van der Waals surface area contributed by atoms with E-state index in [1.807, 2.05) is 12.1 Å². The van der Waals surface area contributed by atoms with Crippen molar-refractivity contribution < 1.29 is 4.74 Å². The molecule has 6 nitrogen and oxygen atoms in total. The van der Waals surface area contributed by atoms with Crippen molar-refractivity contribution in [1.29, 1.82) is 0 Å². The van der Waals surface area contributed by atoms with Crippen LogP contribution in [0.15, 0.2) is 40.5 Å².